The van der Waals surface area contributed by atoms with E-state index in [1.807, 2.05) is 0 Å². The maximum absolute atomic E-state index is 11.5. The Kier molecular flexibility index (Phi) is 28.1. The number of carbonyl (C=O) groups is 3. The smallest absolute Gasteiger partial charge is 0.306 e. The highest BCUT2D eigenvalue weighted by atomic mass is 16.4. The van der Waals surface area contributed by atoms with Crippen molar-refractivity contribution in [2.45, 2.75) is 175 Å². The van der Waals surface area contributed by atoms with Crippen LogP contribution in [0.1, 0.15) is 175 Å². The molecule has 0 aromatic carbocycles. The molecule has 0 radical (unpaired) electrons. The van der Waals surface area contributed by atoms with Crippen molar-refractivity contribution in [1.29, 1.82) is 0 Å². The molecule has 0 aliphatic rings. The molecule has 7 heteroatoms. The highest BCUT2D eigenvalue weighted by molar-refractivity contribution is 5.70. The second-order valence-electron chi connectivity index (χ2n) is 14.4. The maximum atomic E-state index is 11.5. The van der Waals surface area contributed by atoms with Gasteiger partial charge in [0.15, 0.2) is 0 Å². The predicted octanol–water partition coefficient (Wildman–Crippen LogP) is 10.5. The molecule has 0 heterocycles. The summed E-state index contributed by atoms with van der Waals surface area (Å²) < 4.78 is 0.606. The normalized spacial score (nSPS) is 15.0. The zero-order valence-electron chi connectivity index (χ0n) is 30.5. The number of rotatable bonds is 34. The molecule has 0 amide bonds. The molecule has 7 nitrogen and oxygen atoms in total. The maximum Gasteiger partial charge on any atom is 0.306 e. The Hall–Kier alpha value is -1.89. The van der Waals surface area contributed by atoms with Crippen LogP contribution in [0.15, 0.2) is 12.2 Å². The van der Waals surface area contributed by atoms with E-state index in [9.17, 15) is 29.7 Å². The molecular weight excluding hydrogens is 578 g/mol. The second-order valence-corrected chi connectivity index (χ2v) is 14.4. The fraction of sp³-hybridized carbons (Fsp3) is 0.872. The molecule has 0 spiro atoms. The van der Waals surface area contributed by atoms with Crippen molar-refractivity contribution in [2.75, 3.05) is 26.2 Å². The summed E-state index contributed by atoms with van der Waals surface area (Å²) in [4.78, 5) is 34.6. The lowest BCUT2D eigenvalue weighted by atomic mass is 10.0. The first-order chi connectivity index (χ1) is 22.0. The number of quaternary nitrogens is 1. The Morgan fingerprint density at radius 3 is 1.04 bits per heavy atom. The van der Waals surface area contributed by atoms with Gasteiger partial charge in [0.25, 0.3) is 0 Å². The average molecular weight is 653 g/mol. The van der Waals surface area contributed by atoms with Crippen molar-refractivity contribution in [3.05, 3.63) is 12.2 Å². The third-order valence-electron chi connectivity index (χ3n) is 10.0. The second kappa shape index (κ2) is 29.3. The molecule has 0 saturated heterocycles. The fourth-order valence-corrected chi connectivity index (χ4v) is 6.20. The van der Waals surface area contributed by atoms with E-state index in [4.69, 9.17) is 0 Å². The molecule has 0 bridgehead atoms. The first kappa shape index (κ1) is 44.1. The molecule has 3 unspecified atom stereocenters. The Balaban J connectivity index is 4.33. The molecule has 0 fully saturated rings. The number of carboxylic acid groups (broad SMARTS) is 3. The van der Waals surface area contributed by atoms with Crippen LogP contribution in [0.5, 0.6) is 0 Å². The number of allylic oxidation sites excluding steroid dienone is 2. The van der Waals surface area contributed by atoms with Gasteiger partial charge in [0.05, 0.1) is 43.9 Å². The van der Waals surface area contributed by atoms with Gasteiger partial charge in [-0.1, -0.05) is 130 Å². The van der Waals surface area contributed by atoms with E-state index in [0.717, 1.165) is 32.2 Å². The quantitative estimate of drug-likeness (QED) is 0.0362. The van der Waals surface area contributed by atoms with Crippen LogP contribution in [-0.4, -0.2) is 63.9 Å². The minimum Gasteiger partial charge on any atom is -0.481 e. The summed E-state index contributed by atoms with van der Waals surface area (Å²) in [5, 5.41) is 28.4. The van der Waals surface area contributed by atoms with Crippen molar-refractivity contribution in [2.24, 2.45) is 17.8 Å². The van der Waals surface area contributed by atoms with Crippen LogP contribution in [0.2, 0.25) is 0 Å². The van der Waals surface area contributed by atoms with Gasteiger partial charge in [0, 0.05) is 19.3 Å². The molecule has 0 aromatic rings. The highest BCUT2D eigenvalue weighted by Gasteiger charge is 2.31. The summed E-state index contributed by atoms with van der Waals surface area (Å²) in [6.07, 6.45) is 32.2. The zero-order valence-corrected chi connectivity index (χ0v) is 30.5. The summed E-state index contributed by atoms with van der Waals surface area (Å²) in [5.74, 6) is -3.92. The predicted molar refractivity (Wildman–Crippen MR) is 191 cm³/mol. The van der Waals surface area contributed by atoms with Crippen LogP contribution in [0.4, 0.5) is 0 Å². The number of hydrogen-bond acceptors (Lipinski definition) is 3. The van der Waals surface area contributed by atoms with E-state index in [-0.39, 0.29) is 0 Å². The summed E-state index contributed by atoms with van der Waals surface area (Å²) >= 11 is 0. The van der Waals surface area contributed by atoms with Crippen molar-refractivity contribution in [3.63, 3.8) is 0 Å². The molecule has 0 aliphatic heterocycles. The van der Waals surface area contributed by atoms with E-state index in [0.29, 0.717) is 43.4 Å². The molecule has 46 heavy (non-hydrogen) atoms. The first-order valence-electron chi connectivity index (χ1n) is 19.2. The molecule has 0 aliphatic carbocycles. The number of nitrogens with zero attached hydrogens (tertiary/aromatic N) is 1. The van der Waals surface area contributed by atoms with Gasteiger partial charge in [-0.3, -0.25) is 14.4 Å². The molecular formula is C39H74NO6+. The van der Waals surface area contributed by atoms with Gasteiger partial charge in [-0.2, -0.15) is 0 Å². The third-order valence-corrected chi connectivity index (χ3v) is 10.0. The van der Waals surface area contributed by atoms with Crippen molar-refractivity contribution in [3.8, 4) is 0 Å². The first-order valence-corrected chi connectivity index (χ1v) is 19.2. The van der Waals surface area contributed by atoms with Crippen LogP contribution in [0.3, 0.4) is 0 Å². The van der Waals surface area contributed by atoms with Gasteiger partial charge >= 0.3 is 17.9 Å². The lowest BCUT2D eigenvalue weighted by Crippen LogP contribution is -2.52. The molecule has 3 N–H and O–H groups in total. The summed E-state index contributed by atoms with van der Waals surface area (Å²) in [6.45, 7) is 10.2. The Morgan fingerprint density at radius 2 is 0.739 bits per heavy atom. The fourth-order valence-electron chi connectivity index (χ4n) is 6.20. The number of aliphatic carboxylic acids is 3. The van der Waals surface area contributed by atoms with Gasteiger partial charge in [0.1, 0.15) is 0 Å². The van der Waals surface area contributed by atoms with Crippen LogP contribution in [-0.2, 0) is 14.4 Å². The highest BCUT2D eigenvalue weighted by Crippen LogP contribution is 2.22. The van der Waals surface area contributed by atoms with E-state index in [1.165, 1.54) is 103 Å². The van der Waals surface area contributed by atoms with Crippen molar-refractivity contribution in [1.82, 2.24) is 0 Å². The molecule has 0 aromatic heterocycles. The van der Waals surface area contributed by atoms with Gasteiger partial charge in [-0.15, -0.1) is 0 Å². The summed E-state index contributed by atoms with van der Waals surface area (Å²) in [5.41, 5.74) is 0. The van der Waals surface area contributed by atoms with Gasteiger partial charge < -0.3 is 19.8 Å². The van der Waals surface area contributed by atoms with E-state index < -0.39 is 35.7 Å². The molecule has 0 rings (SSSR count). The van der Waals surface area contributed by atoms with E-state index in [2.05, 4.69) is 19.1 Å². The minimum absolute atomic E-state index is 0.483. The molecule has 3 atom stereocenters. The topological polar surface area (TPSA) is 112 Å². The molecule has 0 saturated carbocycles. The van der Waals surface area contributed by atoms with Crippen molar-refractivity contribution < 1.29 is 34.2 Å². The largest absolute Gasteiger partial charge is 0.481 e. The standard InChI is InChI=1S/C39H73NO6/c1-5-6-7-8-9-10-11-12-13-14-15-16-17-18-19-20-21-22-23-24-25-26-30-40(31-27-34(2)37(41)42,32-28-35(3)38(43)44)33-29-36(4)39(45)46/h19-20,34-36H,5-18,21-33H2,1-4H3,(H2-,41,42,43,44,45,46)/p+1/b20-19+. The van der Waals surface area contributed by atoms with Crippen LogP contribution < -0.4 is 0 Å². The number of unbranched alkanes of at least 4 members (excludes halogenated alkanes) is 18. The average Bonchev–Trinajstić information content (AvgIpc) is 3.03. The van der Waals surface area contributed by atoms with E-state index >= 15 is 0 Å². The lowest BCUT2D eigenvalue weighted by molar-refractivity contribution is -0.929. The minimum atomic E-state index is -0.825. The monoisotopic (exact) mass is 653 g/mol. The van der Waals surface area contributed by atoms with Crippen LogP contribution >= 0.6 is 0 Å². The Morgan fingerprint density at radius 1 is 0.457 bits per heavy atom. The van der Waals surface area contributed by atoms with Crippen molar-refractivity contribution >= 4 is 17.9 Å². The Bertz CT molecular complexity index is 738. The summed E-state index contributed by atoms with van der Waals surface area (Å²) in [7, 11) is 0. The van der Waals surface area contributed by atoms with Crippen LogP contribution in [0.25, 0.3) is 0 Å². The zero-order chi connectivity index (χ0) is 34.5. The SMILES string of the molecule is CCCCCCCCCCCCCCC/C=C/CCCCCCC[N+](CCC(C)C(=O)O)(CCC(C)C(=O)O)CCC(C)C(=O)O. The van der Waals surface area contributed by atoms with Gasteiger partial charge in [-0.25, -0.2) is 0 Å². The Labute approximate surface area is 283 Å². The van der Waals surface area contributed by atoms with E-state index in [1.54, 1.807) is 20.8 Å². The van der Waals surface area contributed by atoms with Crippen LogP contribution in [0, 0.1) is 17.8 Å². The number of carboxylic acids is 3. The molecule has 270 valence electrons. The summed E-state index contributed by atoms with van der Waals surface area (Å²) in [6, 6.07) is 0. The lowest BCUT2D eigenvalue weighted by Gasteiger charge is -2.40. The number of hydrogen-bond donors (Lipinski definition) is 3. The third kappa shape index (κ3) is 25.2. The van der Waals surface area contributed by atoms with Gasteiger partial charge in [0.2, 0.25) is 0 Å². The van der Waals surface area contributed by atoms with Gasteiger partial charge in [-0.05, 0) is 38.5 Å².